The third kappa shape index (κ3) is 4.29. The minimum Gasteiger partial charge on any atom is -0.380 e. The summed E-state index contributed by atoms with van der Waals surface area (Å²) in [4.78, 5) is 2.52. The average molecular weight is 386 g/mol. The Labute approximate surface area is 174 Å². The fourth-order valence-corrected chi connectivity index (χ4v) is 4.67. The molecular weight excluding hydrogens is 354 g/mol. The summed E-state index contributed by atoms with van der Waals surface area (Å²) in [6, 6.07) is 29.4. The van der Waals surface area contributed by atoms with E-state index in [9.17, 15) is 5.11 Å². The van der Waals surface area contributed by atoms with Gasteiger partial charge >= 0.3 is 0 Å². The molecule has 2 nitrogen and oxygen atoms in total. The van der Waals surface area contributed by atoms with Gasteiger partial charge in [-0.2, -0.15) is 0 Å². The van der Waals surface area contributed by atoms with E-state index in [4.69, 9.17) is 0 Å². The number of nitrogens with zero attached hydrogens (tertiary/aromatic N) is 1. The fraction of sp³-hybridized carbons (Fsp3) is 0.333. The van der Waals surface area contributed by atoms with Crippen molar-refractivity contribution in [2.24, 2.45) is 5.92 Å². The number of benzene rings is 3. The van der Waals surface area contributed by atoms with Crippen molar-refractivity contribution >= 4 is 0 Å². The molecule has 0 saturated carbocycles. The first-order valence-electron chi connectivity index (χ1n) is 10.8. The molecule has 0 spiro atoms. The molecule has 29 heavy (non-hydrogen) atoms. The molecule has 150 valence electrons. The first-order chi connectivity index (χ1) is 14.2. The van der Waals surface area contributed by atoms with E-state index in [0.29, 0.717) is 0 Å². The monoisotopic (exact) mass is 385 g/mol. The van der Waals surface area contributed by atoms with Gasteiger partial charge in [-0.1, -0.05) is 91.9 Å². The van der Waals surface area contributed by atoms with Crippen molar-refractivity contribution in [1.29, 1.82) is 0 Å². The van der Waals surface area contributed by atoms with Gasteiger partial charge in [-0.25, -0.2) is 0 Å². The van der Waals surface area contributed by atoms with Gasteiger partial charge in [0.1, 0.15) is 5.60 Å². The highest BCUT2D eigenvalue weighted by atomic mass is 16.3. The van der Waals surface area contributed by atoms with E-state index >= 15 is 0 Å². The van der Waals surface area contributed by atoms with E-state index in [2.05, 4.69) is 60.4 Å². The highest BCUT2D eigenvalue weighted by Gasteiger charge is 2.41. The highest BCUT2D eigenvalue weighted by molar-refractivity contribution is 5.37. The molecule has 0 unspecified atom stereocenters. The van der Waals surface area contributed by atoms with E-state index in [1.807, 2.05) is 36.4 Å². The van der Waals surface area contributed by atoms with Gasteiger partial charge < -0.3 is 5.11 Å². The Morgan fingerprint density at radius 2 is 1.24 bits per heavy atom. The number of likely N-dealkylation sites (tertiary alicyclic amines) is 1. The standard InChI is InChI=1S/C27H31NO/c1-2-22-13-15-23(16-14-22)21-28-19-17-26(18-20-28)27(29,24-9-5-3-6-10-24)25-11-7-4-8-12-25/h3-16,26,29H,2,17-21H2,1H3. The molecule has 0 aromatic heterocycles. The number of hydrogen-bond donors (Lipinski definition) is 1. The maximum atomic E-state index is 12.0. The predicted molar refractivity (Wildman–Crippen MR) is 120 cm³/mol. The summed E-state index contributed by atoms with van der Waals surface area (Å²) in [5.74, 6) is 0.214. The molecule has 0 amide bonds. The van der Waals surface area contributed by atoms with Crippen LogP contribution in [0.4, 0.5) is 0 Å². The van der Waals surface area contributed by atoms with Gasteiger partial charge in [-0.05, 0) is 60.5 Å². The molecule has 1 heterocycles. The first kappa shape index (κ1) is 19.9. The van der Waals surface area contributed by atoms with Crippen LogP contribution in [0.3, 0.4) is 0 Å². The largest absolute Gasteiger partial charge is 0.380 e. The summed E-state index contributed by atoms with van der Waals surface area (Å²) in [5, 5.41) is 12.0. The van der Waals surface area contributed by atoms with Gasteiger partial charge in [-0.3, -0.25) is 4.90 Å². The summed E-state index contributed by atoms with van der Waals surface area (Å²) in [5.41, 5.74) is 3.84. The summed E-state index contributed by atoms with van der Waals surface area (Å²) >= 11 is 0. The van der Waals surface area contributed by atoms with Gasteiger partial charge in [0.25, 0.3) is 0 Å². The van der Waals surface area contributed by atoms with Crippen LogP contribution in [0.1, 0.15) is 42.0 Å². The van der Waals surface area contributed by atoms with Crippen LogP contribution in [0.25, 0.3) is 0 Å². The number of rotatable bonds is 6. The quantitative estimate of drug-likeness (QED) is 0.614. The topological polar surface area (TPSA) is 23.5 Å². The number of hydrogen-bond acceptors (Lipinski definition) is 2. The van der Waals surface area contributed by atoms with Crippen LogP contribution in [0.2, 0.25) is 0 Å². The van der Waals surface area contributed by atoms with E-state index in [-0.39, 0.29) is 5.92 Å². The second-order valence-corrected chi connectivity index (χ2v) is 8.22. The van der Waals surface area contributed by atoms with Crippen molar-refractivity contribution in [1.82, 2.24) is 4.90 Å². The van der Waals surface area contributed by atoms with Gasteiger partial charge in [0.15, 0.2) is 0 Å². The molecule has 1 saturated heterocycles. The molecule has 1 aliphatic rings. The Morgan fingerprint density at radius 3 is 1.72 bits per heavy atom. The van der Waals surface area contributed by atoms with Crippen LogP contribution in [-0.2, 0) is 18.6 Å². The molecule has 4 rings (SSSR count). The Balaban J connectivity index is 1.50. The summed E-state index contributed by atoms with van der Waals surface area (Å²) in [6.45, 7) is 5.22. The van der Waals surface area contributed by atoms with Crippen LogP contribution >= 0.6 is 0 Å². The Bertz CT molecular complexity index is 841. The second kappa shape index (κ2) is 8.94. The van der Waals surface area contributed by atoms with Gasteiger partial charge in [0.2, 0.25) is 0 Å². The average Bonchev–Trinajstić information content (AvgIpc) is 2.81. The summed E-state index contributed by atoms with van der Waals surface area (Å²) in [7, 11) is 0. The molecule has 0 bridgehead atoms. The van der Waals surface area contributed by atoms with E-state index in [1.165, 1.54) is 11.1 Å². The Kier molecular flexibility index (Phi) is 6.13. The van der Waals surface area contributed by atoms with Gasteiger partial charge in [0.05, 0.1) is 0 Å². The van der Waals surface area contributed by atoms with Gasteiger partial charge in [0, 0.05) is 6.54 Å². The number of aliphatic hydroxyl groups is 1. The van der Waals surface area contributed by atoms with Crippen molar-refractivity contribution in [2.45, 2.75) is 38.3 Å². The minimum atomic E-state index is -0.933. The summed E-state index contributed by atoms with van der Waals surface area (Å²) in [6.07, 6.45) is 3.07. The van der Waals surface area contributed by atoms with Crippen molar-refractivity contribution < 1.29 is 5.11 Å². The molecule has 1 aliphatic heterocycles. The Hall–Kier alpha value is -2.42. The third-order valence-electron chi connectivity index (χ3n) is 6.44. The third-order valence-corrected chi connectivity index (χ3v) is 6.44. The van der Waals surface area contributed by atoms with Crippen molar-refractivity contribution in [2.75, 3.05) is 13.1 Å². The molecule has 2 heteroatoms. The molecule has 3 aromatic carbocycles. The lowest BCUT2D eigenvalue weighted by molar-refractivity contribution is -0.0152. The van der Waals surface area contributed by atoms with Crippen LogP contribution in [-0.4, -0.2) is 23.1 Å². The second-order valence-electron chi connectivity index (χ2n) is 8.22. The maximum absolute atomic E-state index is 12.0. The first-order valence-corrected chi connectivity index (χ1v) is 10.8. The van der Waals surface area contributed by atoms with Crippen LogP contribution < -0.4 is 0 Å². The molecular formula is C27H31NO. The number of piperidine rings is 1. The zero-order valence-electron chi connectivity index (χ0n) is 17.3. The van der Waals surface area contributed by atoms with E-state index < -0.39 is 5.60 Å². The minimum absolute atomic E-state index is 0.214. The zero-order chi connectivity index (χ0) is 20.1. The molecule has 1 fully saturated rings. The van der Waals surface area contributed by atoms with Crippen LogP contribution in [0.5, 0.6) is 0 Å². The lowest BCUT2D eigenvalue weighted by Crippen LogP contribution is -2.44. The van der Waals surface area contributed by atoms with Crippen LogP contribution in [0.15, 0.2) is 84.9 Å². The normalized spacial score (nSPS) is 16.1. The van der Waals surface area contributed by atoms with Crippen molar-refractivity contribution in [3.05, 3.63) is 107 Å². The lowest BCUT2D eigenvalue weighted by Gasteiger charge is -2.42. The zero-order valence-corrected chi connectivity index (χ0v) is 17.3. The molecule has 0 radical (unpaired) electrons. The molecule has 3 aromatic rings. The van der Waals surface area contributed by atoms with E-state index in [1.54, 1.807) is 0 Å². The molecule has 0 atom stereocenters. The smallest absolute Gasteiger partial charge is 0.117 e. The highest BCUT2D eigenvalue weighted by Crippen LogP contribution is 2.42. The fourth-order valence-electron chi connectivity index (χ4n) is 4.67. The Morgan fingerprint density at radius 1 is 0.759 bits per heavy atom. The van der Waals surface area contributed by atoms with E-state index in [0.717, 1.165) is 50.0 Å². The number of aryl methyl sites for hydroxylation is 1. The molecule has 0 aliphatic carbocycles. The lowest BCUT2D eigenvalue weighted by atomic mass is 9.72. The van der Waals surface area contributed by atoms with Crippen LogP contribution in [0, 0.1) is 5.92 Å². The SMILES string of the molecule is CCc1ccc(CN2CCC(C(O)(c3ccccc3)c3ccccc3)CC2)cc1. The van der Waals surface area contributed by atoms with Gasteiger partial charge in [-0.15, -0.1) is 0 Å². The predicted octanol–water partition coefficient (Wildman–Crippen LogP) is 5.40. The van der Waals surface area contributed by atoms with Crippen molar-refractivity contribution in [3.8, 4) is 0 Å². The molecule has 1 N–H and O–H groups in total. The van der Waals surface area contributed by atoms with Crippen molar-refractivity contribution in [3.63, 3.8) is 0 Å². The summed E-state index contributed by atoms with van der Waals surface area (Å²) < 4.78 is 0. The maximum Gasteiger partial charge on any atom is 0.117 e.